The van der Waals surface area contributed by atoms with Crippen molar-refractivity contribution in [2.24, 2.45) is 0 Å². The zero-order valence-corrected chi connectivity index (χ0v) is 14.9. The standard InChI is InChI=1S/C19H21N3O4/c1-24-15-7-5-14(6-8-15)22-12-21-16-10-13(4-9-17(16)22)19(23)20-11-18(25-2)26-3/h4-10,12,18H,11H2,1-3H3,(H,20,23). The van der Waals surface area contributed by atoms with Crippen LogP contribution >= 0.6 is 0 Å². The maximum Gasteiger partial charge on any atom is 0.251 e. The fraction of sp³-hybridized carbons (Fsp3) is 0.263. The summed E-state index contributed by atoms with van der Waals surface area (Å²) in [5.41, 5.74) is 3.15. The molecule has 0 aliphatic carbocycles. The fourth-order valence-electron chi connectivity index (χ4n) is 2.64. The van der Waals surface area contributed by atoms with Crippen molar-refractivity contribution < 1.29 is 19.0 Å². The molecule has 26 heavy (non-hydrogen) atoms. The molecule has 0 atom stereocenters. The van der Waals surface area contributed by atoms with Crippen LogP contribution in [0.4, 0.5) is 0 Å². The summed E-state index contributed by atoms with van der Waals surface area (Å²) in [7, 11) is 4.69. The third kappa shape index (κ3) is 3.68. The Bertz CT molecular complexity index is 885. The first-order valence-electron chi connectivity index (χ1n) is 8.11. The van der Waals surface area contributed by atoms with E-state index in [2.05, 4.69) is 10.3 Å². The molecule has 2 aromatic carbocycles. The summed E-state index contributed by atoms with van der Waals surface area (Å²) in [4.78, 5) is 16.7. The summed E-state index contributed by atoms with van der Waals surface area (Å²) in [6.45, 7) is 0.268. The summed E-state index contributed by atoms with van der Waals surface area (Å²) in [6.07, 6.45) is 1.26. The summed E-state index contributed by atoms with van der Waals surface area (Å²) in [6, 6.07) is 13.1. The Morgan fingerprint density at radius 1 is 1.12 bits per heavy atom. The fourth-order valence-corrected chi connectivity index (χ4v) is 2.64. The molecule has 0 aliphatic rings. The van der Waals surface area contributed by atoms with Gasteiger partial charge in [-0.15, -0.1) is 0 Å². The van der Waals surface area contributed by atoms with E-state index in [1.807, 2.05) is 34.9 Å². The molecule has 1 aromatic heterocycles. The van der Waals surface area contributed by atoms with Gasteiger partial charge in [-0.1, -0.05) is 0 Å². The van der Waals surface area contributed by atoms with Gasteiger partial charge in [0.15, 0.2) is 6.29 Å². The molecule has 7 nitrogen and oxygen atoms in total. The molecule has 0 unspecified atom stereocenters. The molecule has 0 saturated carbocycles. The van der Waals surface area contributed by atoms with E-state index in [1.165, 1.54) is 14.2 Å². The monoisotopic (exact) mass is 355 g/mol. The van der Waals surface area contributed by atoms with Crippen molar-refractivity contribution in [1.29, 1.82) is 0 Å². The number of hydrogen-bond donors (Lipinski definition) is 1. The van der Waals surface area contributed by atoms with E-state index in [9.17, 15) is 4.79 Å². The highest BCUT2D eigenvalue weighted by Gasteiger charge is 2.12. The highest BCUT2D eigenvalue weighted by molar-refractivity contribution is 5.97. The van der Waals surface area contributed by atoms with Crippen LogP contribution in [0.1, 0.15) is 10.4 Å². The number of rotatable bonds is 7. The van der Waals surface area contributed by atoms with E-state index in [1.54, 1.807) is 25.6 Å². The average Bonchev–Trinajstić information content (AvgIpc) is 3.12. The van der Waals surface area contributed by atoms with Gasteiger partial charge in [0.1, 0.15) is 12.1 Å². The number of ether oxygens (including phenoxy) is 3. The second-order valence-corrected chi connectivity index (χ2v) is 5.63. The molecule has 0 bridgehead atoms. The number of fused-ring (bicyclic) bond motifs is 1. The largest absolute Gasteiger partial charge is 0.497 e. The Labute approximate surface area is 151 Å². The molecule has 7 heteroatoms. The molecule has 0 spiro atoms. The smallest absolute Gasteiger partial charge is 0.251 e. The summed E-state index contributed by atoms with van der Waals surface area (Å²) in [5, 5.41) is 2.78. The predicted octanol–water partition coefficient (Wildman–Crippen LogP) is 2.38. The van der Waals surface area contributed by atoms with E-state index in [0.717, 1.165) is 22.5 Å². The van der Waals surface area contributed by atoms with Gasteiger partial charge in [-0.25, -0.2) is 4.98 Å². The van der Waals surface area contributed by atoms with E-state index in [-0.39, 0.29) is 12.5 Å². The van der Waals surface area contributed by atoms with E-state index in [4.69, 9.17) is 14.2 Å². The predicted molar refractivity (Wildman–Crippen MR) is 97.8 cm³/mol. The Morgan fingerprint density at radius 2 is 1.85 bits per heavy atom. The lowest BCUT2D eigenvalue weighted by molar-refractivity contribution is -0.0974. The van der Waals surface area contributed by atoms with Gasteiger partial charge >= 0.3 is 0 Å². The van der Waals surface area contributed by atoms with E-state index in [0.29, 0.717) is 5.56 Å². The van der Waals surface area contributed by atoms with Crippen molar-refractivity contribution in [3.8, 4) is 11.4 Å². The average molecular weight is 355 g/mol. The number of carbonyl (C=O) groups is 1. The lowest BCUT2D eigenvalue weighted by Gasteiger charge is -2.14. The second kappa shape index (κ2) is 7.99. The van der Waals surface area contributed by atoms with Crippen LogP contribution in [0.25, 0.3) is 16.7 Å². The van der Waals surface area contributed by atoms with E-state index < -0.39 is 6.29 Å². The van der Waals surface area contributed by atoms with Crippen LogP contribution in [-0.2, 0) is 9.47 Å². The molecule has 3 aromatic rings. The van der Waals surface area contributed by atoms with Crippen LogP contribution < -0.4 is 10.1 Å². The van der Waals surface area contributed by atoms with Gasteiger partial charge in [0.25, 0.3) is 5.91 Å². The number of nitrogens with one attached hydrogen (secondary N) is 1. The molecule has 1 N–H and O–H groups in total. The van der Waals surface area contributed by atoms with Gasteiger partial charge < -0.3 is 19.5 Å². The topological polar surface area (TPSA) is 74.6 Å². The number of methoxy groups -OCH3 is 3. The molecule has 3 rings (SSSR count). The molecular weight excluding hydrogens is 334 g/mol. The summed E-state index contributed by atoms with van der Waals surface area (Å²) in [5.74, 6) is 0.590. The molecule has 1 amide bonds. The normalized spacial score (nSPS) is 11.1. The lowest BCUT2D eigenvalue weighted by atomic mass is 10.2. The van der Waals surface area contributed by atoms with Crippen LogP contribution in [0.15, 0.2) is 48.8 Å². The zero-order chi connectivity index (χ0) is 18.5. The van der Waals surface area contributed by atoms with Gasteiger partial charge in [0, 0.05) is 25.5 Å². The summed E-state index contributed by atoms with van der Waals surface area (Å²) >= 11 is 0. The highest BCUT2D eigenvalue weighted by Crippen LogP contribution is 2.21. The molecule has 136 valence electrons. The quantitative estimate of drug-likeness (QED) is 0.659. The maximum absolute atomic E-state index is 12.3. The number of aromatic nitrogens is 2. The third-order valence-corrected chi connectivity index (χ3v) is 4.12. The van der Waals surface area contributed by atoms with Crippen molar-refractivity contribution in [1.82, 2.24) is 14.9 Å². The summed E-state index contributed by atoms with van der Waals surface area (Å²) < 4.78 is 17.3. The van der Waals surface area contributed by atoms with Crippen LogP contribution in [-0.4, -0.2) is 49.6 Å². The first-order valence-corrected chi connectivity index (χ1v) is 8.11. The molecule has 0 radical (unpaired) electrons. The lowest BCUT2D eigenvalue weighted by Crippen LogP contribution is -2.34. The Balaban J connectivity index is 1.81. The number of nitrogens with zero attached hydrogens (tertiary/aromatic N) is 2. The number of imidazole rings is 1. The Morgan fingerprint density at radius 3 is 2.50 bits per heavy atom. The van der Waals surface area contributed by atoms with Crippen LogP contribution in [0.2, 0.25) is 0 Å². The minimum Gasteiger partial charge on any atom is -0.497 e. The first kappa shape index (κ1) is 17.9. The second-order valence-electron chi connectivity index (χ2n) is 5.63. The van der Waals surface area contributed by atoms with Gasteiger partial charge in [0.05, 0.1) is 24.7 Å². The number of carbonyl (C=O) groups excluding carboxylic acids is 1. The van der Waals surface area contributed by atoms with Crippen LogP contribution in [0.5, 0.6) is 5.75 Å². The number of hydrogen-bond acceptors (Lipinski definition) is 5. The molecule has 0 fully saturated rings. The molecule has 0 aliphatic heterocycles. The van der Waals surface area contributed by atoms with Gasteiger partial charge in [-0.3, -0.25) is 9.36 Å². The van der Waals surface area contributed by atoms with Crippen LogP contribution in [0, 0.1) is 0 Å². The highest BCUT2D eigenvalue weighted by atomic mass is 16.7. The molecule has 1 heterocycles. The first-order chi connectivity index (χ1) is 12.7. The van der Waals surface area contributed by atoms with E-state index >= 15 is 0 Å². The Kier molecular flexibility index (Phi) is 5.50. The third-order valence-electron chi connectivity index (χ3n) is 4.12. The SMILES string of the molecule is COc1ccc(-n2cnc3cc(C(=O)NCC(OC)OC)ccc32)cc1. The van der Waals surface area contributed by atoms with Gasteiger partial charge in [0.2, 0.25) is 0 Å². The maximum atomic E-state index is 12.3. The van der Waals surface area contributed by atoms with Crippen molar-refractivity contribution in [3.05, 3.63) is 54.4 Å². The van der Waals surface area contributed by atoms with Crippen molar-refractivity contribution in [2.75, 3.05) is 27.9 Å². The van der Waals surface area contributed by atoms with Crippen molar-refractivity contribution >= 4 is 16.9 Å². The zero-order valence-electron chi connectivity index (χ0n) is 14.9. The number of amides is 1. The van der Waals surface area contributed by atoms with Crippen LogP contribution in [0.3, 0.4) is 0 Å². The minimum atomic E-state index is -0.475. The molecular formula is C19H21N3O4. The molecule has 0 saturated heterocycles. The van der Waals surface area contributed by atoms with Crippen molar-refractivity contribution in [3.63, 3.8) is 0 Å². The van der Waals surface area contributed by atoms with Crippen molar-refractivity contribution in [2.45, 2.75) is 6.29 Å². The minimum absolute atomic E-state index is 0.204. The number of benzene rings is 2. The Hall–Kier alpha value is -2.90. The van der Waals surface area contributed by atoms with Gasteiger partial charge in [-0.05, 0) is 42.5 Å². The van der Waals surface area contributed by atoms with Gasteiger partial charge in [-0.2, -0.15) is 0 Å².